The zero-order valence-electron chi connectivity index (χ0n) is 19.2. The first kappa shape index (κ1) is 23.2. The van der Waals surface area contributed by atoms with Gasteiger partial charge in [0.2, 0.25) is 0 Å². The van der Waals surface area contributed by atoms with Gasteiger partial charge in [0, 0.05) is 30.6 Å². The maximum absolute atomic E-state index is 6.11. The lowest BCUT2D eigenvalue weighted by Crippen LogP contribution is -2.35. The average Bonchev–Trinajstić information content (AvgIpc) is 3.26. The summed E-state index contributed by atoms with van der Waals surface area (Å²) in [6, 6.07) is 10.2. The Morgan fingerprint density at radius 1 is 1.16 bits per heavy atom. The highest BCUT2D eigenvalue weighted by Crippen LogP contribution is 2.29. The maximum Gasteiger partial charge on any atom is 0.163 e. The van der Waals surface area contributed by atoms with Crippen molar-refractivity contribution in [3.05, 3.63) is 59.7 Å². The quantitative estimate of drug-likeness (QED) is 0.496. The normalized spacial score (nSPS) is 20.2. The topological polar surface area (TPSA) is 70.4 Å². The average molecular weight is 457 g/mol. The largest absolute Gasteiger partial charge is 0.356 e. The maximum atomic E-state index is 6.11. The number of aromatic nitrogens is 3. The fraction of sp³-hybridized carbons (Fsp3) is 0.500. The van der Waals surface area contributed by atoms with Crippen molar-refractivity contribution in [2.45, 2.75) is 58.6 Å². The third kappa shape index (κ3) is 5.50. The summed E-state index contributed by atoms with van der Waals surface area (Å²) < 4.78 is 20.2. The monoisotopic (exact) mass is 456 g/mol. The fourth-order valence-electron chi connectivity index (χ4n) is 4.16. The minimum Gasteiger partial charge on any atom is -0.356 e. The van der Waals surface area contributed by atoms with E-state index in [0.29, 0.717) is 19.9 Å². The molecular weight excluding hydrogens is 424 g/mol. The standard InChI is InChI=1S/C24H32N4O3S/c1-17-23-22(27-15-26-17)19(12-28(23)16-29-13-18-8-6-5-7-9-18)10-25-11-20-21(14-32-4)31-24(2,3)30-20/h5-9,12,15,20-21,25H,10-11,13-14,16H2,1-4H3. The van der Waals surface area contributed by atoms with Crippen LogP contribution in [-0.4, -0.2) is 51.1 Å². The molecule has 1 N–H and O–H groups in total. The van der Waals surface area contributed by atoms with Gasteiger partial charge in [0.25, 0.3) is 0 Å². The van der Waals surface area contributed by atoms with Gasteiger partial charge in [-0.2, -0.15) is 11.8 Å². The highest BCUT2D eigenvalue weighted by atomic mass is 32.2. The summed E-state index contributed by atoms with van der Waals surface area (Å²) in [5, 5.41) is 3.55. The van der Waals surface area contributed by atoms with Gasteiger partial charge in [-0.25, -0.2) is 9.97 Å². The zero-order valence-corrected chi connectivity index (χ0v) is 20.0. The van der Waals surface area contributed by atoms with Crippen molar-refractivity contribution in [3.8, 4) is 0 Å². The van der Waals surface area contributed by atoms with Gasteiger partial charge in [-0.05, 0) is 32.6 Å². The Bertz CT molecular complexity index is 1020. The summed E-state index contributed by atoms with van der Waals surface area (Å²) in [5.74, 6) is 0.378. The van der Waals surface area contributed by atoms with Crippen molar-refractivity contribution in [2.24, 2.45) is 0 Å². The van der Waals surface area contributed by atoms with E-state index in [9.17, 15) is 0 Å². The van der Waals surface area contributed by atoms with E-state index >= 15 is 0 Å². The van der Waals surface area contributed by atoms with Crippen LogP contribution in [-0.2, 0) is 34.1 Å². The number of hydrogen-bond donors (Lipinski definition) is 1. The lowest BCUT2D eigenvalue weighted by atomic mass is 10.2. The Kier molecular flexibility index (Phi) is 7.48. The Morgan fingerprint density at radius 3 is 2.72 bits per heavy atom. The van der Waals surface area contributed by atoms with E-state index in [4.69, 9.17) is 14.2 Å². The van der Waals surface area contributed by atoms with Crippen LogP contribution in [0.4, 0.5) is 0 Å². The van der Waals surface area contributed by atoms with Crippen LogP contribution >= 0.6 is 11.8 Å². The predicted octanol–water partition coefficient (Wildman–Crippen LogP) is 3.89. The second-order valence-corrected chi connectivity index (χ2v) is 9.45. The van der Waals surface area contributed by atoms with E-state index in [0.717, 1.165) is 40.2 Å². The number of rotatable bonds is 10. The molecule has 1 saturated heterocycles. The molecule has 172 valence electrons. The number of aryl methyl sites for hydroxylation is 1. The lowest BCUT2D eigenvalue weighted by Gasteiger charge is -2.17. The highest BCUT2D eigenvalue weighted by Gasteiger charge is 2.40. The molecule has 1 aromatic carbocycles. The van der Waals surface area contributed by atoms with Crippen molar-refractivity contribution < 1.29 is 14.2 Å². The highest BCUT2D eigenvalue weighted by molar-refractivity contribution is 7.98. The summed E-state index contributed by atoms with van der Waals surface area (Å²) in [7, 11) is 0. The number of fused-ring (bicyclic) bond motifs is 1. The van der Waals surface area contributed by atoms with Gasteiger partial charge in [-0.3, -0.25) is 0 Å². The molecule has 3 heterocycles. The summed E-state index contributed by atoms with van der Waals surface area (Å²) in [6.45, 7) is 8.37. The molecule has 32 heavy (non-hydrogen) atoms. The van der Waals surface area contributed by atoms with Crippen LogP contribution in [0.15, 0.2) is 42.9 Å². The smallest absolute Gasteiger partial charge is 0.163 e. The van der Waals surface area contributed by atoms with Gasteiger partial charge in [0.15, 0.2) is 5.79 Å². The molecule has 0 saturated carbocycles. The van der Waals surface area contributed by atoms with Gasteiger partial charge in [-0.1, -0.05) is 30.3 Å². The number of benzene rings is 1. The molecule has 0 bridgehead atoms. The van der Waals surface area contributed by atoms with Crippen LogP contribution < -0.4 is 5.32 Å². The van der Waals surface area contributed by atoms with E-state index in [1.807, 2.05) is 39.0 Å². The Morgan fingerprint density at radius 2 is 1.94 bits per heavy atom. The molecule has 0 amide bonds. The Labute approximate surface area is 193 Å². The van der Waals surface area contributed by atoms with Gasteiger partial charge >= 0.3 is 0 Å². The first-order valence-electron chi connectivity index (χ1n) is 10.9. The molecule has 0 aliphatic carbocycles. The summed E-state index contributed by atoms with van der Waals surface area (Å²) >= 11 is 1.78. The second kappa shape index (κ2) is 10.3. The number of nitrogens with one attached hydrogen (secondary N) is 1. The number of hydrogen-bond acceptors (Lipinski definition) is 7. The van der Waals surface area contributed by atoms with Crippen LogP contribution in [0.1, 0.15) is 30.7 Å². The molecule has 8 heteroatoms. The summed E-state index contributed by atoms with van der Waals surface area (Å²) in [6.07, 6.45) is 5.94. The Balaban J connectivity index is 1.42. The second-order valence-electron chi connectivity index (χ2n) is 8.54. The van der Waals surface area contributed by atoms with Crippen LogP contribution in [0.25, 0.3) is 11.0 Å². The minimum absolute atomic E-state index is 0.0244. The van der Waals surface area contributed by atoms with E-state index < -0.39 is 5.79 Å². The van der Waals surface area contributed by atoms with E-state index in [2.05, 4.69) is 44.4 Å². The third-order valence-corrected chi connectivity index (χ3v) is 6.19. The SMILES string of the molecule is CSCC1OC(C)(C)OC1CNCc1cn(COCc2ccccc2)c2c(C)ncnc12. The van der Waals surface area contributed by atoms with Crippen molar-refractivity contribution in [3.63, 3.8) is 0 Å². The minimum atomic E-state index is -0.538. The molecule has 7 nitrogen and oxygen atoms in total. The van der Waals surface area contributed by atoms with Gasteiger partial charge in [0.1, 0.15) is 19.2 Å². The molecular formula is C24H32N4O3S. The molecule has 1 aliphatic heterocycles. The Hall–Kier alpha value is -1.97. The molecule has 2 unspecified atom stereocenters. The van der Waals surface area contributed by atoms with Crippen molar-refractivity contribution in [1.82, 2.24) is 19.9 Å². The van der Waals surface area contributed by atoms with Crippen LogP contribution in [0.5, 0.6) is 0 Å². The summed E-state index contributed by atoms with van der Waals surface area (Å²) in [4.78, 5) is 8.95. The zero-order chi connectivity index (χ0) is 22.6. The lowest BCUT2D eigenvalue weighted by molar-refractivity contribution is -0.144. The molecule has 2 atom stereocenters. The van der Waals surface area contributed by atoms with Crippen LogP contribution in [0, 0.1) is 6.92 Å². The molecule has 1 fully saturated rings. The van der Waals surface area contributed by atoms with Crippen molar-refractivity contribution in [1.29, 1.82) is 0 Å². The van der Waals surface area contributed by atoms with E-state index in [1.165, 1.54) is 0 Å². The molecule has 3 aromatic rings. The number of nitrogens with zero attached hydrogens (tertiary/aromatic N) is 3. The van der Waals surface area contributed by atoms with Crippen LogP contribution in [0.2, 0.25) is 0 Å². The molecule has 0 radical (unpaired) electrons. The van der Waals surface area contributed by atoms with Crippen LogP contribution in [0.3, 0.4) is 0 Å². The van der Waals surface area contributed by atoms with Gasteiger partial charge in [-0.15, -0.1) is 0 Å². The third-order valence-electron chi connectivity index (χ3n) is 5.53. The molecule has 1 aliphatic rings. The van der Waals surface area contributed by atoms with Gasteiger partial charge in [0.05, 0.1) is 29.4 Å². The van der Waals surface area contributed by atoms with Gasteiger partial charge < -0.3 is 24.1 Å². The molecule has 0 spiro atoms. The summed E-state index contributed by atoms with van der Waals surface area (Å²) in [5.41, 5.74) is 5.18. The molecule has 4 rings (SSSR count). The van der Waals surface area contributed by atoms with Crippen molar-refractivity contribution in [2.75, 3.05) is 18.6 Å². The van der Waals surface area contributed by atoms with Crippen molar-refractivity contribution >= 4 is 22.8 Å². The predicted molar refractivity (Wildman–Crippen MR) is 127 cm³/mol. The number of thioether (sulfide) groups is 1. The first-order valence-corrected chi connectivity index (χ1v) is 12.3. The first-order chi connectivity index (χ1) is 15.5. The van der Waals surface area contributed by atoms with E-state index in [-0.39, 0.29) is 12.2 Å². The number of ether oxygens (including phenoxy) is 3. The van der Waals surface area contributed by atoms with E-state index in [1.54, 1.807) is 18.1 Å². The fourth-order valence-corrected chi connectivity index (χ4v) is 4.77. The molecule has 2 aromatic heterocycles.